The largest absolute Gasteiger partial charge is 0.468 e. The Hall–Kier alpha value is -0.610. The molecule has 4 nitrogen and oxygen atoms in total. The Kier molecular flexibility index (Phi) is 2.02. The van der Waals surface area contributed by atoms with Crippen LogP contribution in [-0.2, 0) is 14.4 Å². The fraction of sp³-hybridized carbons (Fsp3) is 0.875. The van der Waals surface area contributed by atoms with Crippen LogP contribution in [-0.4, -0.2) is 25.2 Å². The minimum atomic E-state index is -0.234. The van der Waals surface area contributed by atoms with Crippen LogP contribution in [0.3, 0.4) is 0 Å². The number of nitrogens with one attached hydrogen (secondary N) is 1. The summed E-state index contributed by atoms with van der Waals surface area (Å²) in [6.07, 6.45) is 3.52. The second-order valence-electron chi connectivity index (χ2n) is 3.37. The van der Waals surface area contributed by atoms with E-state index in [1.165, 1.54) is 7.11 Å². The molecule has 2 fully saturated rings. The number of esters is 1. The van der Waals surface area contributed by atoms with Gasteiger partial charge in [0.1, 0.15) is 6.04 Å². The molecule has 1 heterocycles. The lowest BCUT2D eigenvalue weighted by Gasteiger charge is -2.11. The summed E-state index contributed by atoms with van der Waals surface area (Å²) in [7, 11) is 1.41. The van der Waals surface area contributed by atoms with Gasteiger partial charge in [-0.15, -0.1) is 0 Å². The van der Waals surface area contributed by atoms with Crippen molar-refractivity contribution >= 4 is 5.97 Å². The van der Waals surface area contributed by atoms with Crippen molar-refractivity contribution in [3.8, 4) is 0 Å². The predicted molar refractivity (Wildman–Crippen MR) is 41.2 cm³/mol. The summed E-state index contributed by atoms with van der Waals surface area (Å²) < 4.78 is 4.66. The molecule has 2 aliphatic rings. The average molecular weight is 171 g/mol. The van der Waals surface area contributed by atoms with Gasteiger partial charge in [0, 0.05) is 5.92 Å². The van der Waals surface area contributed by atoms with Gasteiger partial charge in [-0.3, -0.25) is 9.63 Å². The van der Waals surface area contributed by atoms with Gasteiger partial charge in [0.2, 0.25) is 0 Å². The lowest BCUT2D eigenvalue weighted by molar-refractivity contribution is -0.145. The Balaban J connectivity index is 2.04. The molecule has 0 unspecified atom stereocenters. The first-order chi connectivity index (χ1) is 5.83. The SMILES string of the molecule is COC(=O)[C@H]1NO[C@@H]2CCC[C@H]12. The summed E-state index contributed by atoms with van der Waals surface area (Å²) in [6.45, 7) is 0. The van der Waals surface area contributed by atoms with Crippen molar-refractivity contribution in [3.05, 3.63) is 0 Å². The standard InChI is InChI=1S/C8H13NO3/c1-11-8(10)7-5-3-2-4-6(5)12-9-7/h5-7,9H,2-4H2,1H3/t5-,6+,7-/m0/s1. The van der Waals surface area contributed by atoms with E-state index < -0.39 is 0 Å². The molecule has 1 aliphatic heterocycles. The third-order valence-corrected chi connectivity index (χ3v) is 2.73. The fourth-order valence-corrected chi connectivity index (χ4v) is 2.08. The van der Waals surface area contributed by atoms with Gasteiger partial charge >= 0.3 is 5.97 Å². The molecule has 0 radical (unpaired) electrons. The van der Waals surface area contributed by atoms with E-state index in [4.69, 9.17) is 4.84 Å². The van der Waals surface area contributed by atoms with E-state index in [2.05, 4.69) is 10.2 Å². The maximum Gasteiger partial charge on any atom is 0.325 e. The molecule has 12 heavy (non-hydrogen) atoms. The zero-order valence-electron chi connectivity index (χ0n) is 7.08. The highest BCUT2D eigenvalue weighted by Gasteiger charge is 2.44. The van der Waals surface area contributed by atoms with E-state index in [-0.39, 0.29) is 18.1 Å². The number of methoxy groups -OCH3 is 1. The molecule has 1 N–H and O–H groups in total. The van der Waals surface area contributed by atoms with Crippen molar-refractivity contribution < 1.29 is 14.4 Å². The van der Waals surface area contributed by atoms with Gasteiger partial charge in [0.25, 0.3) is 0 Å². The molecule has 0 amide bonds. The molecule has 1 saturated carbocycles. The number of carbonyl (C=O) groups is 1. The normalized spacial score (nSPS) is 39.6. The van der Waals surface area contributed by atoms with Gasteiger partial charge < -0.3 is 4.74 Å². The first-order valence-electron chi connectivity index (χ1n) is 4.32. The van der Waals surface area contributed by atoms with E-state index in [0.717, 1.165) is 19.3 Å². The zero-order valence-corrected chi connectivity index (χ0v) is 7.08. The minimum Gasteiger partial charge on any atom is -0.468 e. The zero-order chi connectivity index (χ0) is 8.55. The highest BCUT2D eigenvalue weighted by atomic mass is 16.7. The van der Waals surface area contributed by atoms with E-state index in [9.17, 15) is 4.79 Å². The predicted octanol–water partition coefficient (Wildman–Crippen LogP) is 0.231. The summed E-state index contributed by atoms with van der Waals surface area (Å²) in [5.74, 6) is 0.127. The van der Waals surface area contributed by atoms with Crippen LogP contribution in [0, 0.1) is 5.92 Å². The molecule has 0 aromatic rings. The Morgan fingerprint density at radius 3 is 3.17 bits per heavy atom. The number of rotatable bonds is 1. The average Bonchev–Trinajstić information content (AvgIpc) is 2.62. The maximum atomic E-state index is 11.2. The lowest BCUT2D eigenvalue weighted by Crippen LogP contribution is -2.36. The van der Waals surface area contributed by atoms with Crippen molar-refractivity contribution in [3.63, 3.8) is 0 Å². The van der Waals surface area contributed by atoms with Crippen LogP contribution in [0.1, 0.15) is 19.3 Å². The second-order valence-corrected chi connectivity index (χ2v) is 3.37. The molecular weight excluding hydrogens is 158 g/mol. The number of fused-ring (bicyclic) bond motifs is 1. The molecule has 1 aliphatic carbocycles. The van der Waals surface area contributed by atoms with Gasteiger partial charge in [-0.25, -0.2) is 0 Å². The van der Waals surface area contributed by atoms with E-state index in [1.54, 1.807) is 0 Å². The van der Waals surface area contributed by atoms with Crippen molar-refractivity contribution in [2.75, 3.05) is 7.11 Å². The summed E-state index contributed by atoms with van der Waals surface area (Å²) in [5, 5.41) is 0. The summed E-state index contributed by atoms with van der Waals surface area (Å²) in [5.41, 5.74) is 2.73. The molecule has 4 heteroatoms. The van der Waals surface area contributed by atoms with Crippen molar-refractivity contribution in [2.24, 2.45) is 5.92 Å². The molecule has 0 aromatic carbocycles. The van der Waals surface area contributed by atoms with Crippen LogP contribution in [0.15, 0.2) is 0 Å². The Morgan fingerprint density at radius 2 is 2.42 bits per heavy atom. The number of carbonyl (C=O) groups excluding carboxylic acids is 1. The summed E-state index contributed by atoms with van der Waals surface area (Å²) >= 11 is 0. The Bertz CT molecular complexity index is 195. The molecule has 3 atom stereocenters. The molecule has 1 saturated heterocycles. The van der Waals surface area contributed by atoms with Crippen molar-refractivity contribution in [1.82, 2.24) is 5.48 Å². The highest BCUT2D eigenvalue weighted by molar-refractivity contribution is 5.76. The van der Waals surface area contributed by atoms with Crippen LogP contribution >= 0.6 is 0 Å². The first kappa shape index (κ1) is 8.01. The van der Waals surface area contributed by atoms with E-state index in [1.807, 2.05) is 0 Å². The molecule has 68 valence electrons. The molecule has 0 spiro atoms. The van der Waals surface area contributed by atoms with Gasteiger partial charge in [-0.05, 0) is 12.8 Å². The number of hydrogen-bond acceptors (Lipinski definition) is 4. The monoisotopic (exact) mass is 171 g/mol. The van der Waals surface area contributed by atoms with Crippen LogP contribution < -0.4 is 5.48 Å². The molecule has 0 bridgehead atoms. The third-order valence-electron chi connectivity index (χ3n) is 2.73. The highest BCUT2D eigenvalue weighted by Crippen LogP contribution is 2.34. The van der Waals surface area contributed by atoms with Gasteiger partial charge in [-0.2, -0.15) is 5.48 Å². The van der Waals surface area contributed by atoms with Gasteiger partial charge in [-0.1, -0.05) is 6.42 Å². The number of hydrogen-bond donors (Lipinski definition) is 1. The lowest BCUT2D eigenvalue weighted by atomic mass is 9.98. The maximum absolute atomic E-state index is 11.2. The van der Waals surface area contributed by atoms with Crippen molar-refractivity contribution in [1.29, 1.82) is 0 Å². The summed E-state index contributed by atoms with van der Waals surface area (Å²) in [4.78, 5) is 16.5. The van der Waals surface area contributed by atoms with E-state index >= 15 is 0 Å². The molecular formula is C8H13NO3. The molecule has 2 rings (SSSR count). The van der Waals surface area contributed by atoms with Crippen LogP contribution in [0.2, 0.25) is 0 Å². The van der Waals surface area contributed by atoms with Gasteiger partial charge in [0.15, 0.2) is 0 Å². The second kappa shape index (κ2) is 3.03. The quantitative estimate of drug-likeness (QED) is 0.574. The Morgan fingerprint density at radius 1 is 1.58 bits per heavy atom. The number of hydroxylamine groups is 1. The van der Waals surface area contributed by atoms with Crippen LogP contribution in [0.4, 0.5) is 0 Å². The van der Waals surface area contributed by atoms with Crippen LogP contribution in [0.5, 0.6) is 0 Å². The molecule has 0 aromatic heterocycles. The Labute approximate surface area is 71.2 Å². The summed E-state index contributed by atoms with van der Waals surface area (Å²) in [6, 6.07) is -0.234. The topological polar surface area (TPSA) is 47.6 Å². The smallest absolute Gasteiger partial charge is 0.325 e. The van der Waals surface area contributed by atoms with Gasteiger partial charge in [0.05, 0.1) is 13.2 Å². The number of ether oxygens (including phenoxy) is 1. The van der Waals surface area contributed by atoms with Crippen LogP contribution in [0.25, 0.3) is 0 Å². The first-order valence-corrected chi connectivity index (χ1v) is 4.32. The third kappa shape index (κ3) is 1.11. The van der Waals surface area contributed by atoms with E-state index in [0.29, 0.717) is 5.92 Å². The minimum absolute atomic E-state index is 0.204. The fourth-order valence-electron chi connectivity index (χ4n) is 2.08. The van der Waals surface area contributed by atoms with Crippen molar-refractivity contribution in [2.45, 2.75) is 31.4 Å².